The molecule has 6 N–H and O–H groups in total. The second kappa shape index (κ2) is 8.28. The summed E-state index contributed by atoms with van der Waals surface area (Å²) in [4.78, 5) is 28.6. The molecule has 3 aliphatic rings. The second-order valence-electron chi connectivity index (χ2n) is 10.00. The Labute approximate surface area is 214 Å². The first kappa shape index (κ1) is 23.9. The van der Waals surface area contributed by atoms with E-state index in [9.17, 15) is 18.0 Å². The van der Waals surface area contributed by atoms with Crippen molar-refractivity contribution in [2.24, 2.45) is 11.1 Å². The molecule has 0 radical (unpaired) electrons. The van der Waals surface area contributed by atoms with Crippen LogP contribution in [0.5, 0.6) is 0 Å². The molecule has 9 nitrogen and oxygen atoms in total. The molecule has 1 aliphatic carbocycles. The number of halogens is 3. The van der Waals surface area contributed by atoms with Crippen LogP contribution in [0.4, 0.5) is 29.9 Å². The number of hydrogen-bond donors (Lipinski definition) is 3. The number of hydrogen-bond acceptors (Lipinski definition) is 9. The minimum absolute atomic E-state index is 0.0283. The van der Waals surface area contributed by atoms with Crippen molar-refractivity contribution in [2.75, 3.05) is 36.0 Å². The van der Waals surface area contributed by atoms with E-state index in [2.05, 4.69) is 15.0 Å². The van der Waals surface area contributed by atoms with Crippen LogP contribution in [0.1, 0.15) is 51.1 Å². The van der Waals surface area contributed by atoms with Gasteiger partial charge in [-0.1, -0.05) is 17.4 Å². The van der Waals surface area contributed by atoms with E-state index in [0.717, 1.165) is 46.6 Å². The molecule has 0 bridgehead atoms. The Bertz CT molecular complexity index is 1400. The zero-order valence-corrected chi connectivity index (χ0v) is 20.6. The highest BCUT2D eigenvalue weighted by Gasteiger charge is 2.47. The average Bonchev–Trinajstić information content (AvgIpc) is 3.36. The number of nitrogens with two attached hydrogens (primary N) is 3. The Morgan fingerprint density at radius 2 is 1.92 bits per heavy atom. The van der Waals surface area contributed by atoms with Crippen molar-refractivity contribution in [3.8, 4) is 0 Å². The number of anilines is 3. The summed E-state index contributed by atoms with van der Waals surface area (Å²) in [5, 5.41) is 0.0283. The summed E-state index contributed by atoms with van der Waals surface area (Å²) in [6.07, 6.45) is 3.72. The van der Waals surface area contributed by atoms with Gasteiger partial charge < -0.3 is 27.0 Å². The van der Waals surface area contributed by atoms with Crippen molar-refractivity contribution in [1.29, 1.82) is 0 Å². The molecule has 1 spiro atoms. The van der Waals surface area contributed by atoms with E-state index in [-0.39, 0.29) is 51.0 Å². The van der Waals surface area contributed by atoms with Crippen LogP contribution in [0, 0.1) is 11.2 Å². The summed E-state index contributed by atoms with van der Waals surface area (Å²) in [5.74, 6) is -3.93. The maximum Gasteiger partial charge on any atom is 0.308 e. The summed E-state index contributed by atoms with van der Waals surface area (Å²) >= 11 is 0.930. The largest absolute Gasteiger partial charge is 0.382 e. The number of carbonyl (C=O) groups excluding carboxylic acids is 1. The lowest BCUT2D eigenvalue weighted by atomic mass is 9.73. The number of nitrogen functional groups attached to an aromatic ring is 2. The number of thiazole rings is 1. The van der Waals surface area contributed by atoms with Gasteiger partial charge in [-0.25, -0.2) is 19.3 Å². The zero-order valence-electron chi connectivity index (χ0n) is 19.8. The third-order valence-electron chi connectivity index (χ3n) is 7.79. The van der Waals surface area contributed by atoms with Gasteiger partial charge in [-0.3, -0.25) is 4.79 Å². The number of nitrogens with zero attached hydrogens (tertiary/aromatic N) is 5. The topological polar surface area (TPSA) is 140 Å². The Balaban J connectivity index is 1.16. The van der Waals surface area contributed by atoms with Gasteiger partial charge in [0.15, 0.2) is 16.6 Å². The van der Waals surface area contributed by atoms with Gasteiger partial charge in [0.05, 0.1) is 24.2 Å². The first-order valence-electron chi connectivity index (χ1n) is 11.9. The molecule has 1 amide bonds. The van der Waals surface area contributed by atoms with Crippen molar-refractivity contribution in [2.45, 2.75) is 37.8 Å². The minimum Gasteiger partial charge on any atom is -0.382 e. The molecule has 0 saturated carbocycles. The molecule has 0 unspecified atom stereocenters. The number of rotatable bonds is 2. The summed E-state index contributed by atoms with van der Waals surface area (Å²) in [6, 6.07) is 4.63. The highest BCUT2D eigenvalue weighted by atomic mass is 32.1. The van der Waals surface area contributed by atoms with Crippen LogP contribution >= 0.6 is 11.3 Å². The van der Waals surface area contributed by atoms with Gasteiger partial charge in [0, 0.05) is 19.1 Å². The molecule has 1 atom stereocenters. The van der Waals surface area contributed by atoms with E-state index >= 15 is 0 Å². The van der Waals surface area contributed by atoms with Crippen molar-refractivity contribution < 1.29 is 18.0 Å². The minimum atomic E-state index is -3.32. The van der Waals surface area contributed by atoms with Crippen molar-refractivity contribution in [1.82, 2.24) is 19.9 Å². The molecule has 6 rings (SSSR count). The van der Waals surface area contributed by atoms with Gasteiger partial charge in [-0.05, 0) is 47.9 Å². The Morgan fingerprint density at radius 3 is 2.65 bits per heavy atom. The number of piperidine rings is 1. The predicted octanol–water partition coefficient (Wildman–Crippen LogP) is 2.83. The number of amides is 1. The Hall–Kier alpha value is -3.45. The zero-order chi connectivity index (χ0) is 26.1. The standard InChI is InChI=1S/C24H25F3N8OS/c25-13-1-2-14-12(7-13)8-23(18(14)28)3-5-34(6-4-23)16-9-31-17(20(29)32-16)21(36)35-10-15-19(24(26,27)11-35)33-22(30)37-15/h1-2,7,9,18H,3-6,8,10-11,28H2,(H2,29,32)(H2,30,33)/t18-/m1/s1. The monoisotopic (exact) mass is 530 g/mol. The van der Waals surface area contributed by atoms with Crippen LogP contribution in [-0.4, -0.2) is 45.4 Å². The lowest BCUT2D eigenvalue weighted by Crippen LogP contribution is -2.45. The fourth-order valence-electron chi connectivity index (χ4n) is 5.83. The van der Waals surface area contributed by atoms with E-state index in [4.69, 9.17) is 17.2 Å². The molecule has 4 heterocycles. The SMILES string of the molecule is Nc1nc2c(s1)CN(C(=O)c1ncc(N3CCC4(CC3)Cc3cc(F)ccc3[C@H]4N)nc1N)CC2(F)F. The smallest absolute Gasteiger partial charge is 0.308 e. The highest BCUT2D eigenvalue weighted by molar-refractivity contribution is 7.15. The van der Waals surface area contributed by atoms with Gasteiger partial charge >= 0.3 is 5.92 Å². The first-order valence-corrected chi connectivity index (χ1v) is 12.7. The third-order valence-corrected chi connectivity index (χ3v) is 8.66. The molecule has 3 aromatic rings. The van der Waals surface area contributed by atoms with Crippen LogP contribution in [0.15, 0.2) is 24.4 Å². The van der Waals surface area contributed by atoms with E-state index in [1.54, 1.807) is 12.1 Å². The number of aromatic nitrogens is 3. The molecular weight excluding hydrogens is 505 g/mol. The van der Waals surface area contributed by atoms with E-state index in [1.165, 1.54) is 12.3 Å². The van der Waals surface area contributed by atoms with Crippen LogP contribution in [0.25, 0.3) is 0 Å². The fraction of sp³-hybridized carbons (Fsp3) is 0.417. The van der Waals surface area contributed by atoms with Gasteiger partial charge in [0.2, 0.25) is 0 Å². The molecule has 2 aromatic heterocycles. The van der Waals surface area contributed by atoms with Crippen LogP contribution in [-0.2, 0) is 18.9 Å². The molecule has 37 heavy (non-hydrogen) atoms. The number of carbonyl (C=O) groups is 1. The Morgan fingerprint density at radius 1 is 1.16 bits per heavy atom. The van der Waals surface area contributed by atoms with Crippen LogP contribution < -0.4 is 22.1 Å². The molecule has 1 aromatic carbocycles. The normalized spacial score (nSPS) is 21.7. The van der Waals surface area contributed by atoms with E-state index in [0.29, 0.717) is 18.9 Å². The number of benzene rings is 1. The highest BCUT2D eigenvalue weighted by Crippen LogP contribution is 2.51. The third kappa shape index (κ3) is 3.87. The maximum atomic E-state index is 14.6. The lowest BCUT2D eigenvalue weighted by Gasteiger charge is -2.42. The molecule has 1 saturated heterocycles. The van der Waals surface area contributed by atoms with Gasteiger partial charge in [-0.15, -0.1) is 0 Å². The lowest BCUT2D eigenvalue weighted by molar-refractivity contribution is -0.0478. The van der Waals surface area contributed by atoms with E-state index in [1.807, 2.05) is 4.90 Å². The summed E-state index contributed by atoms with van der Waals surface area (Å²) in [6.45, 7) is 0.382. The van der Waals surface area contributed by atoms with E-state index < -0.39 is 18.4 Å². The van der Waals surface area contributed by atoms with Gasteiger partial charge in [0.1, 0.15) is 17.3 Å². The summed E-state index contributed by atoms with van der Waals surface area (Å²) in [7, 11) is 0. The molecule has 13 heteroatoms. The fourth-order valence-corrected chi connectivity index (χ4v) is 6.73. The van der Waals surface area contributed by atoms with Gasteiger partial charge in [-0.2, -0.15) is 8.78 Å². The van der Waals surface area contributed by atoms with Gasteiger partial charge in [0.25, 0.3) is 5.91 Å². The Kier molecular flexibility index (Phi) is 5.35. The van der Waals surface area contributed by atoms with Crippen LogP contribution in [0.2, 0.25) is 0 Å². The van der Waals surface area contributed by atoms with Crippen molar-refractivity contribution in [3.05, 3.63) is 57.6 Å². The molecule has 1 fully saturated rings. The van der Waals surface area contributed by atoms with Crippen molar-refractivity contribution in [3.63, 3.8) is 0 Å². The predicted molar refractivity (Wildman–Crippen MR) is 133 cm³/mol. The number of alkyl halides is 2. The average molecular weight is 531 g/mol. The molecule has 194 valence electrons. The molecule has 2 aliphatic heterocycles. The number of fused-ring (bicyclic) bond motifs is 2. The maximum absolute atomic E-state index is 14.6. The quantitative estimate of drug-likeness (QED) is 0.460. The summed E-state index contributed by atoms with van der Waals surface area (Å²) < 4.78 is 42.9. The first-order chi connectivity index (χ1) is 17.6. The molecular formula is C24H25F3N8OS. The van der Waals surface area contributed by atoms with Crippen molar-refractivity contribution >= 4 is 34.0 Å². The second-order valence-corrected chi connectivity index (χ2v) is 11.1. The summed E-state index contributed by atoms with van der Waals surface area (Å²) in [5.41, 5.74) is 19.5. The van der Waals surface area contributed by atoms with Crippen LogP contribution in [0.3, 0.4) is 0 Å².